The minimum Gasteiger partial charge on any atom is -0.292 e. The number of benzene rings is 4. The molecule has 4 aromatic carbocycles. The Bertz CT molecular complexity index is 1290. The van der Waals surface area contributed by atoms with Gasteiger partial charge in [-0.2, -0.15) is 0 Å². The summed E-state index contributed by atoms with van der Waals surface area (Å²) in [4.78, 5) is 16.3. The number of nitrogens with one attached hydrogen (secondary N) is 1. The number of carbonyl (C=O) groups is 1. The van der Waals surface area contributed by atoms with Crippen LogP contribution >= 0.6 is 7.26 Å². The summed E-state index contributed by atoms with van der Waals surface area (Å²) in [7, 11) is -7.55. The molecule has 0 aromatic heterocycles. The number of hydrogen-bond acceptors (Lipinski definition) is 6. The molecule has 1 amide bonds. The molecular formula is C27H22ClN4O5P. The zero-order valence-electron chi connectivity index (χ0n) is 19.8. The van der Waals surface area contributed by atoms with Gasteiger partial charge in [-0.15, -0.1) is 10.2 Å². The summed E-state index contributed by atoms with van der Waals surface area (Å²) in [5.74, 6) is -0.262. The van der Waals surface area contributed by atoms with E-state index in [1.165, 1.54) is 6.20 Å². The lowest BCUT2D eigenvalue weighted by molar-refractivity contribution is -2.00. The predicted molar refractivity (Wildman–Crippen MR) is 136 cm³/mol. The SMILES string of the molecule is [N-]=[N+]=N/C=C(\NC(=O)c1ccccc1)[P+](c1ccccc1)(c1ccccc1)c1ccccc1.[O-][Cl+3]([O-])([O-])[O-]. The highest BCUT2D eigenvalue weighted by molar-refractivity contribution is 7.99. The molecule has 4 rings (SSSR count). The predicted octanol–water partition coefficient (Wildman–Crippen LogP) is 0.764. The molecule has 0 fully saturated rings. The van der Waals surface area contributed by atoms with Crippen LogP contribution < -0.4 is 39.9 Å². The average molecular weight is 549 g/mol. The highest BCUT2D eigenvalue weighted by Crippen LogP contribution is 2.61. The van der Waals surface area contributed by atoms with E-state index in [0.717, 1.165) is 15.9 Å². The van der Waals surface area contributed by atoms with Crippen molar-refractivity contribution in [2.75, 3.05) is 0 Å². The Hall–Kier alpha value is -4.04. The monoisotopic (exact) mass is 548 g/mol. The molecule has 0 unspecified atom stereocenters. The minimum atomic E-state index is -4.94. The number of nitrogens with zero attached hydrogens (tertiary/aromatic N) is 3. The maximum atomic E-state index is 13.3. The van der Waals surface area contributed by atoms with Crippen molar-refractivity contribution in [1.82, 2.24) is 5.32 Å². The van der Waals surface area contributed by atoms with Crippen LogP contribution in [0.1, 0.15) is 10.4 Å². The molecule has 38 heavy (non-hydrogen) atoms. The number of rotatable bonds is 7. The fourth-order valence-electron chi connectivity index (χ4n) is 3.88. The Labute approximate surface area is 222 Å². The molecule has 0 radical (unpaired) electrons. The summed E-state index contributed by atoms with van der Waals surface area (Å²) >= 11 is 0. The first kappa shape index (κ1) is 28.5. The normalized spacial score (nSPS) is 11.4. The van der Waals surface area contributed by atoms with Crippen molar-refractivity contribution in [3.63, 3.8) is 0 Å². The van der Waals surface area contributed by atoms with Crippen LogP contribution in [0.3, 0.4) is 0 Å². The summed E-state index contributed by atoms with van der Waals surface area (Å²) in [5.41, 5.74) is 10.2. The van der Waals surface area contributed by atoms with Gasteiger partial charge in [-0.25, -0.2) is 18.6 Å². The van der Waals surface area contributed by atoms with Gasteiger partial charge in [-0.05, 0) is 54.1 Å². The Balaban J connectivity index is 0.000000732. The van der Waals surface area contributed by atoms with E-state index < -0.39 is 17.5 Å². The van der Waals surface area contributed by atoms with Crippen LogP contribution in [0.5, 0.6) is 0 Å². The van der Waals surface area contributed by atoms with E-state index in [-0.39, 0.29) is 5.91 Å². The molecule has 0 saturated carbocycles. The molecule has 0 spiro atoms. The molecule has 0 bridgehead atoms. The second-order valence-corrected chi connectivity index (χ2v) is 11.7. The van der Waals surface area contributed by atoms with Crippen LogP contribution in [0.4, 0.5) is 0 Å². The number of hydrogen-bond donors (Lipinski definition) is 1. The van der Waals surface area contributed by atoms with Crippen molar-refractivity contribution in [2.45, 2.75) is 0 Å². The molecule has 0 aliphatic carbocycles. The van der Waals surface area contributed by atoms with Gasteiger partial charge in [-0.1, -0.05) is 77.9 Å². The quantitative estimate of drug-likeness (QED) is 0.155. The summed E-state index contributed by atoms with van der Waals surface area (Å²) < 4.78 is 34.0. The van der Waals surface area contributed by atoms with Crippen molar-refractivity contribution >= 4 is 29.1 Å². The Morgan fingerprint density at radius 2 is 1.05 bits per heavy atom. The summed E-state index contributed by atoms with van der Waals surface area (Å²) in [6, 6.07) is 39.2. The molecule has 0 saturated heterocycles. The number of carbonyl (C=O) groups excluding carboxylic acids is 1. The average Bonchev–Trinajstić information content (AvgIpc) is 2.93. The zero-order valence-corrected chi connectivity index (χ0v) is 21.5. The fourth-order valence-corrected chi connectivity index (χ4v) is 7.96. The molecule has 4 aromatic rings. The topological polar surface area (TPSA) is 170 Å². The second kappa shape index (κ2) is 13.5. The van der Waals surface area contributed by atoms with Gasteiger partial charge in [0.05, 0.1) is 6.20 Å². The molecule has 11 heteroatoms. The molecule has 0 aliphatic rings. The van der Waals surface area contributed by atoms with E-state index in [2.05, 4.69) is 51.7 Å². The maximum Gasteiger partial charge on any atom is 0.258 e. The second-order valence-electron chi connectivity index (χ2n) is 7.59. The molecular weight excluding hydrogens is 527 g/mol. The van der Waals surface area contributed by atoms with Crippen molar-refractivity contribution in [1.29, 1.82) is 0 Å². The lowest BCUT2D eigenvalue weighted by Gasteiger charge is -2.29. The first-order chi connectivity index (χ1) is 18.3. The van der Waals surface area contributed by atoms with E-state index in [0.29, 0.717) is 11.0 Å². The number of amides is 1. The van der Waals surface area contributed by atoms with E-state index in [4.69, 9.17) is 24.2 Å². The first-order valence-electron chi connectivity index (χ1n) is 11.1. The standard InChI is InChI=1S/C27H21N4OP.ClHO4/c28-31-29-21-26(30-27(32)22-13-5-1-6-14-22)33(23-15-7-2-8-16-23,24-17-9-3-10-18-24)25-19-11-4-12-20-25;2-1(3,4)5/h1-21H;(H,2,3,4,5)/b26-21+;. The Morgan fingerprint density at radius 1 is 0.711 bits per heavy atom. The van der Waals surface area contributed by atoms with Crippen LogP contribution in [0.25, 0.3) is 10.4 Å². The highest BCUT2D eigenvalue weighted by Gasteiger charge is 2.50. The van der Waals surface area contributed by atoms with E-state index in [1.54, 1.807) is 12.1 Å². The highest BCUT2D eigenvalue weighted by atomic mass is 35.7. The Kier molecular flexibility index (Phi) is 10.1. The van der Waals surface area contributed by atoms with Gasteiger partial charge >= 0.3 is 0 Å². The largest absolute Gasteiger partial charge is 0.292 e. The minimum absolute atomic E-state index is 0.262. The lowest BCUT2D eigenvalue weighted by Crippen LogP contribution is -2.68. The van der Waals surface area contributed by atoms with Gasteiger partial charge in [0, 0.05) is 10.5 Å². The number of halogens is 1. The van der Waals surface area contributed by atoms with Crippen LogP contribution in [0.15, 0.2) is 138 Å². The van der Waals surface area contributed by atoms with Crippen LogP contribution in [0, 0.1) is 10.2 Å². The van der Waals surface area contributed by atoms with Crippen LogP contribution in [-0.2, 0) is 0 Å². The van der Waals surface area contributed by atoms with Crippen molar-refractivity contribution in [2.24, 2.45) is 5.11 Å². The van der Waals surface area contributed by atoms with E-state index in [1.807, 2.05) is 72.8 Å². The van der Waals surface area contributed by atoms with Gasteiger partial charge in [-0.3, -0.25) is 10.1 Å². The summed E-state index contributed by atoms with van der Waals surface area (Å²) in [6.07, 6.45) is 1.45. The lowest BCUT2D eigenvalue weighted by atomic mass is 10.2. The van der Waals surface area contributed by atoms with Crippen molar-refractivity contribution < 1.29 is 33.7 Å². The third-order valence-corrected chi connectivity index (χ3v) is 9.47. The summed E-state index contributed by atoms with van der Waals surface area (Å²) in [6.45, 7) is 0. The maximum absolute atomic E-state index is 13.3. The third-order valence-electron chi connectivity index (χ3n) is 5.30. The van der Waals surface area contributed by atoms with Gasteiger partial charge < -0.3 is 0 Å². The Morgan fingerprint density at radius 3 is 1.39 bits per heavy atom. The van der Waals surface area contributed by atoms with Gasteiger partial charge in [0.1, 0.15) is 15.9 Å². The smallest absolute Gasteiger partial charge is 0.258 e. The first-order valence-corrected chi connectivity index (χ1v) is 14.1. The van der Waals surface area contributed by atoms with Gasteiger partial charge in [0.2, 0.25) is 0 Å². The van der Waals surface area contributed by atoms with Crippen molar-refractivity contribution in [3.8, 4) is 0 Å². The van der Waals surface area contributed by atoms with Crippen LogP contribution in [0.2, 0.25) is 0 Å². The van der Waals surface area contributed by atoms with Crippen LogP contribution in [-0.4, -0.2) is 5.91 Å². The number of azide groups is 1. The van der Waals surface area contributed by atoms with Crippen molar-refractivity contribution in [3.05, 3.63) is 149 Å². The van der Waals surface area contributed by atoms with E-state index >= 15 is 0 Å². The zero-order chi connectivity index (χ0) is 27.4. The summed E-state index contributed by atoms with van der Waals surface area (Å²) in [5, 5.41) is 10.0. The third kappa shape index (κ3) is 7.49. The molecule has 0 atom stereocenters. The molecule has 0 heterocycles. The molecule has 0 aliphatic heterocycles. The van der Waals surface area contributed by atoms with E-state index in [9.17, 15) is 4.79 Å². The molecule has 192 valence electrons. The van der Waals surface area contributed by atoms with Gasteiger partial charge in [0.25, 0.3) is 5.91 Å². The fraction of sp³-hybridized carbons (Fsp3) is 0. The van der Waals surface area contributed by atoms with Gasteiger partial charge in [0.15, 0.2) is 12.7 Å². The molecule has 9 nitrogen and oxygen atoms in total. The molecule has 1 N–H and O–H groups in total.